The van der Waals surface area contributed by atoms with Crippen molar-refractivity contribution in [2.75, 3.05) is 11.4 Å². The summed E-state index contributed by atoms with van der Waals surface area (Å²) < 4.78 is 0. The van der Waals surface area contributed by atoms with E-state index in [2.05, 4.69) is 15.9 Å². The summed E-state index contributed by atoms with van der Waals surface area (Å²) in [4.78, 5) is 13.6. The minimum absolute atomic E-state index is 0.0952. The third-order valence-corrected chi connectivity index (χ3v) is 4.05. The largest absolute Gasteiger partial charge is 0.311 e. The molecule has 0 radical (unpaired) electrons. The van der Waals surface area contributed by atoms with Gasteiger partial charge in [-0.25, -0.2) is 0 Å². The predicted octanol–water partition coefficient (Wildman–Crippen LogP) is 3.80. The zero-order valence-electron chi connectivity index (χ0n) is 8.64. The van der Waals surface area contributed by atoms with E-state index < -0.39 is 0 Å². The molecule has 5 heteroatoms. The van der Waals surface area contributed by atoms with E-state index >= 15 is 0 Å². The zero-order chi connectivity index (χ0) is 11.9. The lowest BCUT2D eigenvalue weighted by Gasteiger charge is -2.17. The highest BCUT2D eigenvalue weighted by Crippen LogP contribution is 2.33. The summed E-state index contributed by atoms with van der Waals surface area (Å²) in [6, 6.07) is 3.57. The Morgan fingerprint density at radius 1 is 1.38 bits per heavy atom. The summed E-state index contributed by atoms with van der Waals surface area (Å²) in [5.41, 5.74) is 1.61. The molecule has 0 spiro atoms. The number of anilines is 1. The van der Waals surface area contributed by atoms with Crippen LogP contribution >= 0.6 is 39.1 Å². The fourth-order valence-electron chi connectivity index (χ4n) is 1.70. The number of benzene rings is 1. The quantitative estimate of drug-likeness (QED) is 0.720. The van der Waals surface area contributed by atoms with Crippen LogP contribution in [0.2, 0.25) is 10.0 Å². The molecule has 0 aromatic heterocycles. The Hall–Kier alpha value is -0.250. The van der Waals surface area contributed by atoms with Crippen LogP contribution in [0.5, 0.6) is 0 Å². The van der Waals surface area contributed by atoms with Gasteiger partial charge in [0.2, 0.25) is 5.91 Å². The number of carbonyl (C=O) groups is 1. The molecule has 2 rings (SSSR count). The van der Waals surface area contributed by atoms with Gasteiger partial charge in [0.15, 0.2) is 0 Å². The molecule has 1 aliphatic heterocycles. The average molecular weight is 323 g/mol. The van der Waals surface area contributed by atoms with Gasteiger partial charge in [-0.2, -0.15) is 0 Å². The standard InChI is InChI=1S/C11H10BrCl2NO/c1-6-9(13)3-8(4-10(6)14)15-5-7(12)2-11(15)16/h3-4,7H,2,5H2,1H3. The van der Waals surface area contributed by atoms with E-state index in [0.29, 0.717) is 23.0 Å². The molecule has 2 nitrogen and oxygen atoms in total. The number of hydrogen-bond donors (Lipinski definition) is 0. The molecule has 1 amide bonds. The normalized spacial score (nSPS) is 20.6. The first-order chi connectivity index (χ1) is 7.49. The van der Waals surface area contributed by atoms with E-state index in [0.717, 1.165) is 11.3 Å². The third-order valence-electron chi connectivity index (χ3n) is 2.66. The number of hydrogen-bond acceptors (Lipinski definition) is 1. The second kappa shape index (κ2) is 4.55. The molecular weight excluding hydrogens is 313 g/mol. The van der Waals surface area contributed by atoms with E-state index in [4.69, 9.17) is 23.2 Å². The molecule has 0 bridgehead atoms. The third kappa shape index (κ3) is 2.22. The predicted molar refractivity (Wildman–Crippen MR) is 70.9 cm³/mol. The van der Waals surface area contributed by atoms with Crippen molar-refractivity contribution in [2.45, 2.75) is 18.2 Å². The zero-order valence-corrected chi connectivity index (χ0v) is 11.7. The fraction of sp³-hybridized carbons (Fsp3) is 0.364. The minimum atomic E-state index is 0.0952. The lowest BCUT2D eigenvalue weighted by molar-refractivity contribution is -0.117. The second-order valence-corrected chi connectivity index (χ2v) is 5.95. The summed E-state index contributed by atoms with van der Waals surface area (Å²) in [7, 11) is 0. The Morgan fingerprint density at radius 3 is 2.38 bits per heavy atom. The molecule has 0 N–H and O–H groups in total. The topological polar surface area (TPSA) is 20.3 Å². The van der Waals surface area contributed by atoms with Gasteiger partial charge >= 0.3 is 0 Å². The van der Waals surface area contributed by atoms with Crippen LogP contribution in [0.15, 0.2) is 12.1 Å². The molecule has 16 heavy (non-hydrogen) atoms. The number of rotatable bonds is 1. The molecule has 86 valence electrons. The van der Waals surface area contributed by atoms with Crippen molar-refractivity contribution in [3.8, 4) is 0 Å². The molecule has 1 fully saturated rings. The van der Waals surface area contributed by atoms with Crippen LogP contribution in [-0.4, -0.2) is 17.3 Å². The molecule has 0 saturated carbocycles. The van der Waals surface area contributed by atoms with E-state index in [9.17, 15) is 4.79 Å². The number of carbonyl (C=O) groups excluding carboxylic acids is 1. The molecule has 1 unspecified atom stereocenters. The second-order valence-electron chi connectivity index (χ2n) is 3.84. The monoisotopic (exact) mass is 321 g/mol. The Kier molecular flexibility index (Phi) is 3.48. The summed E-state index contributed by atoms with van der Waals surface area (Å²) in [5.74, 6) is 0.0952. The van der Waals surface area contributed by atoms with Crippen LogP contribution in [0, 0.1) is 6.92 Å². The van der Waals surface area contributed by atoms with Crippen LogP contribution in [0.1, 0.15) is 12.0 Å². The molecule has 1 heterocycles. The van der Waals surface area contributed by atoms with Gasteiger partial charge in [-0.3, -0.25) is 4.79 Å². The SMILES string of the molecule is Cc1c(Cl)cc(N2CC(Br)CC2=O)cc1Cl. The smallest absolute Gasteiger partial charge is 0.228 e. The van der Waals surface area contributed by atoms with E-state index in [1.54, 1.807) is 17.0 Å². The molecule has 1 atom stereocenters. The van der Waals surface area contributed by atoms with Gasteiger partial charge < -0.3 is 4.90 Å². The van der Waals surface area contributed by atoms with Crippen molar-refractivity contribution < 1.29 is 4.79 Å². The number of alkyl halides is 1. The molecule has 1 saturated heterocycles. The highest BCUT2D eigenvalue weighted by molar-refractivity contribution is 9.09. The lowest BCUT2D eigenvalue weighted by Crippen LogP contribution is -2.24. The summed E-state index contributed by atoms with van der Waals surface area (Å²) in [5, 5.41) is 1.18. The van der Waals surface area contributed by atoms with Crippen LogP contribution < -0.4 is 4.90 Å². The number of amides is 1. The van der Waals surface area contributed by atoms with Gasteiger partial charge in [0.05, 0.1) is 0 Å². The van der Waals surface area contributed by atoms with Crippen molar-refractivity contribution >= 4 is 50.7 Å². The van der Waals surface area contributed by atoms with E-state index in [1.807, 2.05) is 6.92 Å². The Balaban J connectivity index is 2.38. The van der Waals surface area contributed by atoms with Gasteiger partial charge in [-0.05, 0) is 24.6 Å². The van der Waals surface area contributed by atoms with Gasteiger partial charge in [0.25, 0.3) is 0 Å². The van der Waals surface area contributed by atoms with E-state index in [-0.39, 0.29) is 10.7 Å². The molecule has 1 aromatic rings. The van der Waals surface area contributed by atoms with Gasteiger partial charge in [0, 0.05) is 33.5 Å². The maximum Gasteiger partial charge on any atom is 0.228 e. The first-order valence-electron chi connectivity index (χ1n) is 4.89. The first kappa shape index (κ1) is 12.2. The highest BCUT2D eigenvalue weighted by atomic mass is 79.9. The first-order valence-corrected chi connectivity index (χ1v) is 6.56. The number of halogens is 3. The van der Waals surface area contributed by atoms with Crippen molar-refractivity contribution in [1.82, 2.24) is 0 Å². The molecule has 1 aliphatic rings. The molecule has 0 aliphatic carbocycles. The maximum atomic E-state index is 11.7. The minimum Gasteiger partial charge on any atom is -0.311 e. The van der Waals surface area contributed by atoms with Crippen molar-refractivity contribution in [2.24, 2.45) is 0 Å². The van der Waals surface area contributed by atoms with Gasteiger partial charge in [-0.15, -0.1) is 0 Å². The summed E-state index contributed by atoms with van der Waals surface area (Å²) in [6.07, 6.45) is 0.517. The Bertz CT molecular complexity index is 427. The van der Waals surface area contributed by atoms with E-state index in [1.165, 1.54) is 0 Å². The number of nitrogens with zero attached hydrogens (tertiary/aromatic N) is 1. The Morgan fingerprint density at radius 2 is 1.94 bits per heavy atom. The van der Waals surface area contributed by atoms with Crippen LogP contribution in [0.4, 0.5) is 5.69 Å². The van der Waals surface area contributed by atoms with Gasteiger partial charge in [0.1, 0.15) is 0 Å². The summed E-state index contributed by atoms with van der Waals surface area (Å²) in [6.45, 7) is 2.52. The van der Waals surface area contributed by atoms with Crippen LogP contribution in [-0.2, 0) is 4.79 Å². The fourth-order valence-corrected chi connectivity index (χ4v) is 2.74. The van der Waals surface area contributed by atoms with Crippen molar-refractivity contribution in [3.05, 3.63) is 27.7 Å². The molecular formula is C11H10BrCl2NO. The maximum absolute atomic E-state index is 11.7. The lowest BCUT2D eigenvalue weighted by atomic mass is 10.2. The Labute approximate surface area is 113 Å². The van der Waals surface area contributed by atoms with Crippen LogP contribution in [0.3, 0.4) is 0 Å². The molecule has 1 aromatic carbocycles. The summed E-state index contributed by atoms with van der Waals surface area (Å²) >= 11 is 15.5. The van der Waals surface area contributed by atoms with Crippen molar-refractivity contribution in [3.63, 3.8) is 0 Å². The highest BCUT2D eigenvalue weighted by Gasteiger charge is 2.29. The average Bonchev–Trinajstić information content (AvgIpc) is 2.53. The van der Waals surface area contributed by atoms with Crippen LogP contribution in [0.25, 0.3) is 0 Å². The van der Waals surface area contributed by atoms with Gasteiger partial charge in [-0.1, -0.05) is 39.1 Å². The van der Waals surface area contributed by atoms with Crippen molar-refractivity contribution in [1.29, 1.82) is 0 Å².